The first kappa shape index (κ1) is 108. The summed E-state index contributed by atoms with van der Waals surface area (Å²) in [6.07, 6.45) is 1.75. The van der Waals surface area contributed by atoms with Crippen molar-refractivity contribution in [1.29, 1.82) is 0 Å². The van der Waals surface area contributed by atoms with Gasteiger partial charge in [0.1, 0.15) is 32.0 Å². The fraction of sp³-hybridized carbons (Fsp3) is 0.855. The maximum atomic E-state index is 11.5. The van der Waals surface area contributed by atoms with E-state index in [1.807, 2.05) is 125 Å². The summed E-state index contributed by atoms with van der Waals surface area (Å²) in [5, 5.41) is 13.9. The topological polar surface area (TPSA) is 277 Å². The summed E-state index contributed by atoms with van der Waals surface area (Å²) >= 11 is 0. The Labute approximate surface area is 547 Å². The van der Waals surface area contributed by atoms with E-state index in [0.29, 0.717) is 51.9 Å². The van der Waals surface area contributed by atoms with Gasteiger partial charge in [-0.1, -0.05) is 148 Å². The van der Waals surface area contributed by atoms with E-state index in [1.54, 1.807) is 83.1 Å². The Hall–Kier alpha value is -5.30. The number of amides is 5. The van der Waals surface area contributed by atoms with Crippen molar-refractivity contribution in [2.75, 3.05) is 52.6 Å². The summed E-state index contributed by atoms with van der Waals surface area (Å²) in [5.74, 6) is -1.51. The van der Waals surface area contributed by atoms with Crippen LogP contribution in [0.5, 0.6) is 0 Å². The third-order valence-corrected chi connectivity index (χ3v) is 9.34. The van der Waals surface area contributed by atoms with Crippen molar-refractivity contribution in [1.82, 2.24) is 26.6 Å². The van der Waals surface area contributed by atoms with E-state index in [-0.39, 0.29) is 164 Å². The minimum atomic E-state index is -0.534. The summed E-state index contributed by atoms with van der Waals surface area (Å²) in [6.45, 7) is 58.6. The van der Waals surface area contributed by atoms with E-state index in [9.17, 15) is 47.9 Å². The molecule has 20 heteroatoms. The van der Waals surface area contributed by atoms with Crippen molar-refractivity contribution >= 4 is 59.4 Å². The first-order valence-electron chi connectivity index (χ1n) is 28.9. The maximum absolute atomic E-state index is 11.5. The molecule has 20 nitrogen and oxygen atoms in total. The fourth-order valence-corrected chi connectivity index (χ4v) is 5.14. The molecule has 0 bridgehead atoms. The third-order valence-electron chi connectivity index (χ3n) is 9.34. The molecule has 0 aliphatic carbocycles. The zero-order valence-corrected chi connectivity index (χ0v) is 57.8. The highest BCUT2D eigenvalue weighted by molar-refractivity contribution is 5.83. The Kier molecular flexibility index (Phi) is 57.9. The van der Waals surface area contributed by atoms with E-state index >= 15 is 0 Å². The number of hydrogen-bond acceptors (Lipinski definition) is 15. The normalized spacial score (nSPS) is 11.3. The van der Waals surface area contributed by atoms with Crippen molar-refractivity contribution < 1.29 is 71.6 Å². The molecule has 536 valence electrons. The monoisotopic (exact) mass is 1280 g/mol. The van der Waals surface area contributed by atoms with Crippen molar-refractivity contribution in [3.8, 4) is 0 Å². The maximum Gasteiger partial charge on any atom is 0.311 e. The predicted octanol–water partition coefficient (Wildman–Crippen LogP) is 14.0. The SMILES string of the molecule is C.C.C.C.C.C.CC(C)(C)CC(=O)NCCNC(=O)C(C)(C)C.CC(C)(C)CC(=O)NCCOC(=O)C(C)(C)C.CC(C)(C)CC(=O)OCCOC(=O)C(C)(C)C.CC(C)(C)NC(=O)CCNC(=O)C(C)(C)C.CC(C)(C)OC(=O)CCOC(=O)C(C)(C)C. The zero-order chi connectivity index (χ0) is 67.0. The number of ether oxygens (including phenoxy) is 5. The zero-order valence-electron chi connectivity index (χ0n) is 57.8. The number of nitrogens with one attached hydrogen (secondary N) is 5. The summed E-state index contributed by atoms with van der Waals surface area (Å²) in [6, 6.07) is 0. The molecule has 0 aromatic heterocycles. The lowest BCUT2D eigenvalue weighted by atomic mass is 9.92. The van der Waals surface area contributed by atoms with Crippen LogP contribution in [-0.4, -0.2) is 123 Å². The first-order chi connectivity index (χ1) is 36.6. The molecule has 0 atom stereocenters. The van der Waals surface area contributed by atoms with Crippen molar-refractivity contribution in [2.24, 2.45) is 43.3 Å². The van der Waals surface area contributed by atoms with Gasteiger partial charge >= 0.3 is 29.8 Å². The Balaban J connectivity index is -0.0000000934. The minimum Gasteiger partial charge on any atom is -0.465 e. The van der Waals surface area contributed by atoms with Crippen LogP contribution in [-0.2, 0) is 71.6 Å². The van der Waals surface area contributed by atoms with Crippen LogP contribution < -0.4 is 26.6 Å². The van der Waals surface area contributed by atoms with Crippen LogP contribution in [0.2, 0.25) is 0 Å². The van der Waals surface area contributed by atoms with Crippen LogP contribution in [0.15, 0.2) is 0 Å². The molecule has 5 N–H and O–H groups in total. The lowest BCUT2D eigenvalue weighted by Crippen LogP contribution is -2.43. The highest BCUT2D eigenvalue weighted by Crippen LogP contribution is 2.21. The lowest BCUT2D eigenvalue weighted by molar-refractivity contribution is -0.160. The lowest BCUT2D eigenvalue weighted by Gasteiger charge is -2.21. The van der Waals surface area contributed by atoms with Crippen LogP contribution in [0.1, 0.15) is 284 Å². The van der Waals surface area contributed by atoms with Gasteiger partial charge in [-0.25, -0.2) is 0 Å². The molecule has 0 aromatic carbocycles. The van der Waals surface area contributed by atoms with Gasteiger partial charge in [-0.3, -0.25) is 47.9 Å². The molecule has 0 saturated heterocycles. The van der Waals surface area contributed by atoms with Gasteiger partial charge in [-0.05, 0) is 120 Å². The minimum absolute atomic E-state index is 0. The van der Waals surface area contributed by atoms with E-state index in [2.05, 4.69) is 26.6 Å². The third kappa shape index (κ3) is 78.7. The molecule has 5 amide bonds. The Morgan fingerprint density at radius 2 is 0.596 bits per heavy atom. The quantitative estimate of drug-likeness (QED) is 0.0485. The van der Waals surface area contributed by atoms with Gasteiger partial charge in [0.15, 0.2) is 0 Å². The average molecular weight is 1280 g/mol. The summed E-state index contributed by atoms with van der Waals surface area (Å²) in [5.41, 5.74) is -3.14. The number of hydrogen-bond donors (Lipinski definition) is 5. The Bertz CT molecular complexity index is 1800. The van der Waals surface area contributed by atoms with Crippen LogP contribution >= 0.6 is 0 Å². The van der Waals surface area contributed by atoms with E-state index in [1.165, 1.54) is 0 Å². The summed E-state index contributed by atoms with van der Waals surface area (Å²) in [4.78, 5) is 114. The van der Waals surface area contributed by atoms with Gasteiger partial charge in [-0.2, -0.15) is 0 Å². The summed E-state index contributed by atoms with van der Waals surface area (Å²) < 4.78 is 25.0. The molecule has 0 aliphatic heterocycles. The molecule has 0 fully saturated rings. The largest absolute Gasteiger partial charge is 0.465 e. The number of carbonyl (C=O) groups is 10. The van der Waals surface area contributed by atoms with Crippen molar-refractivity contribution in [2.45, 2.75) is 296 Å². The summed E-state index contributed by atoms with van der Waals surface area (Å²) in [7, 11) is 0. The Morgan fingerprint density at radius 1 is 0.292 bits per heavy atom. The van der Waals surface area contributed by atoms with Crippen molar-refractivity contribution in [3.63, 3.8) is 0 Å². The van der Waals surface area contributed by atoms with Crippen LogP contribution in [0.3, 0.4) is 0 Å². The fourth-order valence-electron chi connectivity index (χ4n) is 5.14. The average Bonchev–Trinajstić information content (AvgIpc) is 3.21. The highest BCUT2D eigenvalue weighted by atomic mass is 16.6. The number of rotatable bonds is 18. The molecule has 89 heavy (non-hydrogen) atoms. The predicted molar refractivity (Wildman–Crippen MR) is 369 cm³/mol. The van der Waals surface area contributed by atoms with Gasteiger partial charge in [0.2, 0.25) is 29.5 Å². The standard InChI is InChI=1S/C13H26N2O2.C13H25NO3.C13H24O4.C12H24N2O2.C12H22O4.6CH4/c1-12(2,3)9-10(16)14-7-8-15-11(17)13(4,5)6;1-12(2,3)9-10(15)14-7-8-17-11(16)13(4,5)6;1-12(2,3)9-10(14)16-7-8-17-11(15)13(4,5)6;1-11(2,3)10(16)13-8-7-9(15)14-12(4,5)6;1-11(2,3)10(14)15-8-7-9(13)16-12(4,5)6;;;;;;/h7-9H2,1-6H3,(H,14,16)(H,15,17);7-9H2,1-6H3,(H,14,15);7-9H2,1-6H3;7-8H2,1-6H3,(H,13,16)(H,14,15);7-8H2,1-6H3;6*1H4. The van der Waals surface area contributed by atoms with Crippen LogP contribution in [0.4, 0.5) is 0 Å². The van der Waals surface area contributed by atoms with Gasteiger partial charge in [0.25, 0.3) is 0 Å². The number of esters is 5. The Morgan fingerprint density at radius 3 is 0.910 bits per heavy atom. The molecular weight excluding hydrogens is 1140 g/mol. The second kappa shape index (κ2) is 47.6. The second-order valence-electron chi connectivity index (χ2n) is 31.2. The molecule has 0 radical (unpaired) electrons. The molecule has 0 heterocycles. The van der Waals surface area contributed by atoms with Gasteiger partial charge in [0, 0.05) is 55.3 Å². The molecule has 0 aliphatic rings. The van der Waals surface area contributed by atoms with E-state index < -0.39 is 27.3 Å². The van der Waals surface area contributed by atoms with Crippen LogP contribution in [0.25, 0.3) is 0 Å². The molecular formula is C69H145N5O15. The van der Waals surface area contributed by atoms with Crippen molar-refractivity contribution in [3.05, 3.63) is 0 Å². The number of carbonyl (C=O) groups excluding carboxylic acids is 10. The van der Waals surface area contributed by atoms with Gasteiger partial charge in [-0.15, -0.1) is 0 Å². The van der Waals surface area contributed by atoms with Gasteiger partial charge in [0.05, 0.1) is 35.6 Å². The second-order valence-corrected chi connectivity index (χ2v) is 31.2. The van der Waals surface area contributed by atoms with Gasteiger partial charge < -0.3 is 50.3 Å². The highest BCUT2D eigenvalue weighted by Gasteiger charge is 2.27. The van der Waals surface area contributed by atoms with Crippen LogP contribution in [0, 0.1) is 43.3 Å². The molecule has 0 spiro atoms. The molecule has 0 rings (SSSR count). The smallest absolute Gasteiger partial charge is 0.311 e. The molecule has 0 saturated carbocycles. The van der Waals surface area contributed by atoms with E-state index in [4.69, 9.17) is 23.7 Å². The molecule has 0 aromatic rings. The van der Waals surface area contributed by atoms with E-state index in [0.717, 1.165) is 0 Å². The first-order valence-corrected chi connectivity index (χ1v) is 28.9. The molecule has 0 unspecified atom stereocenters.